The molecule has 0 radical (unpaired) electrons. The van der Waals surface area contributed by atoms with E-state index in [1.807, 2.05) is 25.1 Å². The second-order valence-electron chi connectivity index (χ2n) is 6.56. The molecule has 3 saturated carbocycles. The standard InChI is InChI=1S/C17H20O2/c1-9-7-12(5-6-13(9)19-2)17(18)16-14-10-3-4-11(8-10)15(14)16/h5-7,10-11,14-16H,3-4,8H2,1-2H3. The third-order valence-corrected chi connectivity index (χ3v) is 5.72. The number of methoxy groups -OCH3 is 1. The summed E-state index contributed by atoms with van der Waals surface area (Å²) in [5.41, 5.74) is 1.94. The zero-order valence-electron chi connectivity index (χ0n) is 11.6. The van der Waals surface area contributed by atoms with E-state index in [0.717, 1.165) is 40.5 Å². The van der Waals surface area contributed by atoms with Crippen LogP contribution in [0.3, 0.4) is 0 Å². The van der Waals surface area contributed by atoms with E-state index in [1.165, 1.54) is 19.3 Å². The Bertz CT molecular complexity index is 532. The molecule has 100 valence electrons. The zero-order chi connectivity index (χ0) is 13.1. The van der Waals surface area contributed by atoms with Crippen molar-refractivity contribution in [3.05, 3.63) is 29.3 Å². The lowest BCUT2D eigenvalue weighted by Gasteiger charge is -2.10. The molecule has 0 saturated heterocycles. The van der Waals surface area contributed by atoms with E-state index in [-0.39, 0.29) is 0 Å². The van der Waals surface area contributed by atoms with Gasteiger partial charge in [0.15, 0.2) is 5.78 Å². The quantitative estimate of drug-likeness (QED) is 0.774. The Balaban J connectivity index is 1.57. The average molecular weight is 256 g/mol. The Labute approximate surface area is 114 Å². The normalized spacial score (nSPS) is 38.1. The van der Waals surface area contributed by atoms with Gasteiger partial charge in [-0.1, -0.05) is 0 Å². The Morgan fingerprint density at radius 1 is 1.21 bits per heavy atom. The molecule has 2 nitrogen and oxygen atoms in total. The first-order valence-corrected chi connectivity index (χ1v) is 7.39. The van der Waals surface area contributed by atoms with E-state index < -0.39 is 0 Å². The molecule has 4 unspecified atom stereocenters. The average Bonchev–Trinajstić information content (AvgIpc) is 2.85. The summed E-state index contributed by atoms with van der Waals surface area (Å²) in [4.78, 5) is 12.7. The van der Waals surface area contributed by atoms with Gasteiger partial charge in [0.25, 0.3) is 0 Å². The molecule has 1 aromatic carbocycles. The predicted octanol–water partition coefficient (Wildman–Crippen LogP) is 3.48. The van der Waals surface area contributed by atoms with E-state index in [4.69, 9.17) is 4.74 Å². The van der Waals surface area contributed by atoms with Crippen molar-refractivity contribution < 1.29 is 9.53 Å². The van der Waals surface area contributed by atoms with Crippen molar-refractivity contribution in [1.82, 2.24) is 0 Å². The van der Waals surface area contributed by atoms with Gasteiger partial charge < -0.3 is 4.74 Å². The highest BCUT2D eigenvalue weighted by atomic mass is 16.5. The van der Waals surface area contributed by atoms with Crippen molar-refractivity contribution in [2.45, 2.75) is 26.2 Å². The van der Waals surface area contributed by atoms with Crippen LogP contribution in [0.15, 0.2) is 18.2 Å². The third-order valence-electron chi connectivity index (χ3n) is 5.72. The highest BCUT2D eigenvalue weighted by molar-refractivity contribution is 6.00. The fourth-order valence-electron chi connectivity index (χ4n) is 4.90. The van der Waals surface area contributed by atoms with Gasteiger partial charge >= 0.3 is 0 Å². The van der Waals surface area contributed by atoms with E-state index in [2.05, 4.69) is 0 Å². The first-order valence-electron chi connectivity index (χ1n) is 7.39. The maximum absolute atomic E-state index is 12.7. The molecule has 0 aromatic heterocycles. The summed E-state index contributed by atoms with van der Waals surface area (Å²) < 4.78 is 5.26. The van der Waals surface area contributed by atoms with Gasteiger partial charge in [0.2, 0.25) is 0 Å². The van der Waals surface area contributed by atoms with Crippen LogP contribution in [0.5, 0.6) is 5.75 Å². The van der Waals surface area contributed by atoms with Crippen LogP contribution in [-0.2, 0) is 0 Å². The summed E-state index contributed by atoms with van der Waals surface area (Å²) in [5, 5.41) is 0. The van der Waals surface area contributed by atoms with Crippen LogP contribution in [0, 0.1) is 36.5 Å². The number of benzene rings is 1. The predicted molar refractivity (Wildman–Crippen MR) is 73.4 cm³/mol. The SMILES string of the molecule is COc1ccc(C(=O)C2C3C4CCC(C4)C23)cc1C. The highest BCUT2D eigenvalue weighted by Gasteiger charge is 2.67. The lowest BCUT2D eigenvalue weighted by atomic mass is 9.95. The van der Waals surface area contributed by atoms with Crippen LogP contribution in [0.1, 0.15) is 35.2 Å². The molecule has 1 aromatic rings. The maximum atomic E-state index is 12.7. The number of ketones is 1. The first-order chi connectivity index (χ1) is 9.20. The van der Waals surface area contributed by atoms with Crippen molar-refractivity contribution in [2.24, 2.45) is 29.6 Å². The Morgan fingerprint density at radius 3 is 2.47 bits per heavy atom. The minimum atomic E-state index is 0.346. The Morgan fingerprint density at radius 2 is 1.89 bits per heavy atom. The molecule has 0 amide bonds. The summed E-state index contributed by atoms with van der Waals surface area (Å²) in [7, 11) is 1.67. The molecule has 4 rings (SSSR count). The molecular weight excluding hydrogens is 236 g/mol. The molecule has 0 N–H and O–H groups in total. The molecule has 19 heavy (non-hydrogen) atoms. The van der Waals surface area contributed by atoms with E-state index >= 15 is 0 Å². The van der Waals surface area contributed by atoms with Crippen molar-refractivity contribution in [3.8, 4) is 5.75 Å². The summed E-state index contributed by atoms with van der Waals surface area (Å²) >= 11 is 0. The number of Topliss-reactive ketones (excluding diaryl/α,β-unsaturated/α-hetero) is 1. The van der Waals surface area contributed by atoms with Crippen LogP contribution in [0.25, 0.3) is 0 Å². The molecule has 4 atom stereocenters. The fraction of sp³-hybridized carbons (Fsp3) is 0.588. The van der Waals surface area contributed by atoms with Gasteiger partial charge in [-0.2, -0.15) is 0 Å². The lowest BCUT2D eigenvalue weighted by molar-refractivity contribution is 0.0944. The van der Waals surface area contributed by atoms with Gasteiger partial charge in [-0.05, 0) is 73.6 Å². The largest absolute Gasteiger partial charge is 0.496 e. The summed E-state index contributed by atoms with van der Waals surface area (Å²) in [6.07, 6.45) is 4.15. The number of fused-ring (bicyclic) bond motifs is 5. The van der Waals surface area contributed by atoms with Gasteiger partial charge in [-0.3, -0.25) is 4.79 Å². The van der Waals surface area contributed by atoms with Crippen molar-refractivity contribution in [1.29, 1.82) is 0 Å². The Kier molecular flexibility index (Phi) is 2.33. The first kappa shape index (κ1) is 11.5. The van der Waals surface area contributed by atoms with Gasteiger partial charge in [0.1, 0.15) is 5.75 Å². The van der Waals surface area contributed by atoms with Gasteiger partial charge in [-0.25, -0.2) is 0 Å². The lowest BCUT2D eigenvalue weighted by Crippen LogP contribution is -2.10. The van der Waals surface area contributed by atoms with Crippen LogP contribution < -0.4 is 4.74 Å². The minimum absolute atomic E-state index is 0.346. The molecule has 3 aliphatic rings. The van der Waals surface area contributed by atoms with Crippen molar-refractivity contribution in [2.75, 3.05) is 7.11 Å². The van der Waals surface area contributed by atoms with E-state index in [1.54, 1.807) is 7.11 Å². The van der Waals surface area contributed by atoms with E-state index in [9.17, 15) is 4.79 Å². The summed E-state index contributed by atoms with van der Waals surface area (Å²) in [6.45, 7) is 2.01. The molecule has 3 fully saturated rings. The number of hydrogen-bond acceptors (Lipinski definition) is 2. The Hall–Kier alpha value is -1.31. The van der Waals surface area contributed by atoms with Gasteiger partial charge in [0, 0.05) is 11.5 Å². The molecule has 2 bridgehead atoms. The molecule has 2 heteroatoms. The number of rotatable bonds is 3. The van der Waals surface area contributed by atoms with Crippen LogP contribution >= 0.6 is 0 Å². The number of ether oxygens (including phenoxy) is 1. The monoisotopic (exact) mass is 256 g/mol. The van der Waals surface area contributed by atoms with Crippen LogP contribution in [0.4, 0.5) is 0 Å². The molecule has 0 spiro atoms. The van der Waals surface area contributed by atoms with Crippen molar-refractivity contribution in [3.63, 3.8) is 0 Å². The van der Waals surface area contributed by atoms with Crippen LogP contribution in [-0.4, -0.2) is 12.9 Å². The molecule has 0 aliphatic heterocycles. The zero-order valence-corrected chi connectivity index (χ0v) is 11.6. The van der Waals surface area contributed by atoms with E-state index in [0.29, 0.717) is 11.7 Å². The second kappa shape index (κ2) is 3.84. The number of hydrogen-bond donors (Lipinski definition) is 0. The highest BCUT2D eigenvalue weighted by Crippen LogP contribution is 2.69. The number of carbonyl (C=O) groups is 1. The maximum Gasteiger partial charge on any atom is 0.166 e. The molecule has 0 heterocycles. The topological polar surface area (TPSA) is 26.3 Å². The molecule has 3 aliphatic carbocycles. The number of carbonyl (C=O) groups excluding carboxylic acids is 1. The fourth-order valence-corrected chi connectivity index (χ4v) is 4.90. The van der Waals surface area contributed by atoms with Crippen LogP contribution in [0.2, 0.25) is 0 Å². The summed E-state index contributed by atoms with van der Waals surface area (Å²) in [5.74, 6) is 4.79. The number of aryl methyl sites for hydroxylation is 1. The summed E-state index contributed by atoms with van der Waals surface area (Å²) in [6, 6.07) is 5.86. The van der Waals surface area contributed by atoms with Crippen molar-refractivity contribution >= 4 is 5.78 Å². The third kappa shape index (κ3) is 1.52. The smallest absolute Gasteiger partial charge is 0.166 e. The second-order valence-corrected chi connectivity index (χ2v) is 6.56. The van der Waals surface area contributed by atoms with Gasteiger partial charge in [0.05, 0.1) is 7.11 Å². The molecular formula is C17H20O2. The minimum Gasteiger partial charge on any atom is -0.496 e. The van der Waals surface area contributed by atoms with Gasteiger partial charge in [-0.15, -0.1) is 0 Å².